The Balaban J connectivity index is 2.08. The fourth-order valence-corrected chi connectivity index (χ4v) is 2.12. The molecule has 7 nitrogen and oxygen atoms in total. The van der Waals surface area contributed by atoms with E-state index in [9.17, 15) is 9.59 Å². The lowest BCUT2D eigenvalue weighted by atomic mass is 10.1. The highest BCUT2D eigenvalue weighted by Crippen LogP contribution is 2.15. The Bertz CT molecular complexity index is 530. The number of rotatable bonds is 2. The minimum atomic E-state index is -1.01. The van der Waals surface area contributed by atoms with E-state index < -0.39 is 17.6 Å². The summed E-state index contributed by atoms with van der Waals surface area (Å²) >= 11 is 0. The van der Waals surface area contributed by atoms with Gasteiger partial charge in [0.25, 0.3) is 0 Å². The van der Waals surface area contributed by atoms with Gasteiger partial charge in [0.1, 0.15) is 23.2 Å². The highest BCUT2D eigenvalue weighted by molar-refractivity contribution is 5.85. The minimum absolute atomic E-state index is 0.145. The molecule has 1 aliphatic heterocycles. The molecule has 1 aromatic heterocycles. The molecule has 20 heavy (non-hydrogen) atoms. The molecule has 0 saturated heterocycles. The number of nitrogens with zero attached hydrogens (tertiary/aromatic N) is 2. The highest BCUT2D eigenvalue weighted by atomic mass is 16.6. The molecular formula is C13H19N3O4. The van der Waals surface area contributed by atoms with Gasteiger partial charge in [0.2, 0.25) is 0 Å². The third kappa shape index (κ3) is 3.16. The van der Waals surface area contributed by atoms with Gasteiger partial charge in [0.05, 0.1) is 12.7 Å². The van der Waals surface area contributed by atoms with E-state index in [4.69, 9.17) is 9.84 Å². The number of carbonyl (C=O) groups excluding carboxylic acids is 1. The summed E-state index contributed by atoms with van der Waals surface area (Å²) in [4.78, 5) is 27.2. The number of carboxylic acid groups (broad SMARTS) is 1. The van der Waals surface area contributed by atoms with Crippen LogP contribution in [0.5, 0.6) is 0 Å². The zero-order valence-electron chi connectivity index (χ0n) is 11.8. The van der Waals surface area contributed by atoms with E-state index >= 15 is 0 Å². The predicted octanol–water partition coefficient (Wildman–Crippen LogP) is 0.785. The Morgan fingerprint density at radius 1 is 1.50 bits per heavy atom. The maximum atomic E-state index is 12.0. The highest BCUT2D eigenvalue weighted by Gasteiger charge is 2.28. The first-order valence-electron chi connectivity index (χ1n) is 6.52. The number of esters is 1. The topological polar surface area (TPSA) is 93.5 Å². The Morgan fingerprint density at radius 2 is 2.20 bits per heavy atom. The average molecular weight is 281 g/mol. The molecule has 0 aromatic carbocycles. The molecule has 2 N–H and O–H groups in total. The standard InChI is InChI=1S/C13H19N3O4/c1-13(2,3)20-12(19)8-4-5-16-9(11(17)18)6-15-10(16)7-14-8/h6,8,14H,4-5,7H2,1-3H3,(H,17,18). The number of carbonyl (C=O) groups is 2. The molecule has 2 rings (SSSR count). The lowest BCUT2D eigenvalue weighted by Crippen LogP contribution is -2.40. The van der Waals surface area contributed by atoms with Crippen LogP contribution in [0.15, 0.2) is 6.20 Å². The molecule has 0 spiro atoms. The van der Waals surface area contributed by atoms with Crippen LogP contribution in [0.2, 0.25) is 0 Å². The number of hydrogen-bond acceptors (Lipinski definition) is 5. The van der Waals surface area contributed by atoms with Crippen molar-refractivity contribution in [2.75, 3.05) is 0 Å². The van der Waals surface area contributed by atoms with Crippen molar-refractivity contribution in [2.24, 2.45) is 0 Å². The summed E-state index contributed by atoms with van der Waals surface area (Å²) in [5.74, 6) is -0.715. The molecule has 0 radical (unpaired) electrons. The second kappa shape index (κ2) is 5.24. The minimum Gasteiger partial charge on any atom is -0.477 e. The van der Waals surface area contributed by atoms with E-state index in [0.717, 1.165) is 0 Å². The van der Waals surface area contributed by atoms with E-state index in [1.807, 2.05) is 20.8 Å². The number of aromatic carboxylic acids is 1. The fourth-order valence-electron chi connectivity index (χ4n) is 2.12. The number of aromatic nitrogens is 2. The molecule has 0 aliphatic carbocycles. The van der Waals surface area contributed by atoms with Gasteiger partial charge in [-0.1, -0.05) is 0 Å². The molecule has 110 valence electrons. The van der Waals surface area contributed by atoms with Crippen molar-refractivity contribution >= 4 is 11.9 Å². The fraction of sp³-hybridized carbons (Fsp3) is 0.615. The molecule has 7 heteroatoms. The Kier molecular flexibility index (Phi) is 3.80. The third-order valence-electron chi connectivity index (χ3n) is 3.00. The molecule has 1 aliphatic rings. The van der Waals surface area contributed by atoms with Crippen LogP contribution in [0, 0.1) is 0 Å². The first-order chi connectivity index (χ1) is 9.28. The SMILES string of the molecule is CC(C)(C)OC(=O)C1CCn2c(C(=O)O)cnc2CN1. The van der Waals surface area contributed by atoms with Gasteiger partial charge in [0, 0.05) is 6.54 Å². The molecule has 0 fully saturated rings. The summed E-state index contributed by atoms with van der Waals surface area (Å²) < 4.78 is 6.96. The number of ether oxygens (including phenoxy) is 1. The van der Waals surface area contributed by atoms with Crippen LogP contribution in [0.4, 0.5) is 0 Å². The van der Waals surface area contributed by atoms with Crippen LogP contribution in [0.25, 0.3) is 0 Å². The summed E-state index contributed by atoms with van der Waals surface area (Å²) in [5.41, 5.74) is -0.392. The predicted molar refractivity (Wildman–Crippen MR) is 70.3 cm³/mol. The van der Waals surface area contributed by atoms with Crippen LogP contribution < -0.4 is 5.32 Å². The molecule has 1 aromatic rings. The number of carboxylic acids is 1. The Labute approximate surface area is 116 Å². The molecule has 0 saturated carbocycles. The van der Waals surface area contributed by atoms with Crippen molar-refractivity contribution < 1.29 is 19.4 Å². The lowest BCUT2D eigenvalue weighted by Gasteiger charge is -2.23. The molecule has 1 atom stereocenters. The summed E-state index contributed by atoms with van der Waals surface area (Å²) in [6.07, 6.45) is 1.81. The first-order valence-corrected chi connectivity index (χ1v) is 6.52. The summed E-state index contributed by atoms with van der Waals surface area (Å²) in [6.45, 7) is 6.21. The van der Waals surface area contributed by atoms with Gasteiger partial charge in [-0.3, -0.25) is 10.1 Å². The number of nitrogens with one attached hydrogen (secondary N) is 1. The van der Waals surface area contributed by atoms with E-state index in [-0.39, 0.29) is 11.7 Å². The molecule has 2 heterocycles. The number of hydrogen-bond donors (Lipinski definition) is 2. The van der Waals surface area contributed by atoms with Crippen LogP contribution in [-0.4, -0.2) is 38.2 Å². The van der Waals surface area contributed by atoms with Gasteiger partial charge in [-0.2, -0.15) is 0 Å². The van der Waals surface area contributed by atoms with Gasteiger partial charge in [0.15, 0.2) is 0 Å². The lowest BCUT2D eigenvalue weighted by molar-refractivity contribution is -0.157. The van der Waals surface area contributed by atoms with Gasteiger partial charge >= 0.3 is 11.9 Å². The normalized spacial score (nSPS) is 19.1. The van der Waals surface area contributed by atoms with Gasteiger partial charge in [-0.05, 0) is 27.2 Å². The molecule has 0 amide bonds. The van der Waals surface area contributed by atoms with E-state index in [1.54, 1.807) is 4.57 Å². The summed E-state index contributed by atoms with van der Waals surface area (Å²) in [6, 6.07) is -0.447. The van der Waals surface area contributed by atoms with E-state index in [1.165, 1.54) is 6.20 Å². The van der Waals surface area contributed by atoms with Crippen molar-refractivity contribution in [3.8, 4) is 0 Å². The van der Waals surface area contributed by atoms with E-state index in [0.29, 0.717) is 25.3 Å². The quantitative estimate of drug-likeness (QED) is 0.778. The smallest absolute Gasteiger partial charge is 0.354 e. The monoisotopic (exact) mass is 281 g/mol. The van der Waals surface area contributed by atoms with Crippen LogP contribution in [-0.2, 0) is 22.6 Å². The van der Waals surface area contributed by atoms with Crippen molar-refractivity contribution in [2.45, 2.75) is 51.9 Å². The largest absolute Gasteiger partial charge is 0.477 e. The summed E-state index contributed by atoms with van der Waals surface area (Å²) in [5, 5.41) is 12.1. The van der Waals surface area contributed by atoms with Gasteiger partial charge < -0.3 is 14.4 Å². The van der Waals surface area contributed by atoms with Crippen molar-refractivity contribution in [3.05, 3.63) is 17.7 Å². The van der Waals surface area contributed by atoms with Gasteiger partial charge in [-0.15, -0.1) is 0 Å². The summed E-state index contributed by atoms with van der Waals surface area (Å²) in [7, 11) is 0. The molecule has 0 bridgehead atoms. The zero-order valence-corrected chi connectivity index (χ0v) is 11.8. The average Bonchev–Trinajstić information content (AvgIpc) is 2.59. The second-order valence-electron chi connectivity index (χ2n) is 5.77. The molecular weight excluding hydrogens is 262 g/mol. The third-order valence-corrected chi connectivity index (χ3v) is 3.00. The number of imidazole rings is 1. The van der Waals surface area contributed by atoms with Crippen LogP contribution in [0.1, 0.15) is 43.5 Å². The maximum Gasteiger partial charge on any atom is 0.354 e. The van der Waals surface area contributed by atoms with Crippen molar-refractivity contribution in [1.82, 2.24) is 14.9 Å². The van der Waals surface area contributed by atoms with E-state index in [2.05, 4.69) is 10.3 Å². The van der Waals surface area contributed by atoms with Gasteiger partial charge in [-0.25, -0.2) is 9.78 Å². The number of fused-ring (bicyclic) bond motifs is 1. The van der Waals surface area contributed by atoms with Crippen LogP contribution in [0.3, 0.4) is 0 Å². The first kappa shape index (κ1) is 14.5. The Morgan fingerprint density at radius 3 is 2.80 bits per heavy atom. The Hall–Kier alpha value is -1.89. The van der Waals surface area contributed by atoms with Crippen LogP contribution >= 0.6 is 0 Å². The second-order valence-corrected chi connectivity index (χ2v) is 5.77. The maximum absolute atomic E-state index is 12.0. The van der Waals surface area contributed by atoms with Crippen molar-refractivity contribution in [3.63, 3.8) is 0 Å². The zero-order chi connectivity index (χ0) is 14.9. The molecule has 1 unspecified atom stereocenters. The van der Waals surface area contributed by atoms with Crippen molar-refractivity contribution in [1.29, 1.82) is 0 Å².